The zero-order valence-electron chi connectivity index (χ0n) is 14.0. The molecule has 2 aromatic rings. The minimum atomic E-state index is -0.386. The van der Waals surface area contributed by atoms with Crippen LogP contribution in [0, 0.1) is 0 Å². The van der Waals surface area contributed by atoms with Crippen molar-refractivity contribution in [2.24, 2.45) is 0 Å². The monoisotopic (exact) mass is 359 g/mol. The van der Waals surface area contributed by atoms with Crippen molar-refractivity contribution in [1.29, 1.82) is 0 Å². The van der Waals surface area contributed by atoms with Crippen LogP contribution in [-0.2, 0) is 6.42 Å². The summed E-state index contributed by atoms with van der Waals surface area (Å²) in [6.07, 6.45) is 4.44. The molecule has 0 radical (unpaired) electrons. The van der Waals surface area contributed by atoms with Crippen molar-refractivity contribution in [3.63, 3.8) is 0 Å². The highest BCUT2D eigenvalue weighted by atomic mass is 35.5. The van der Waals surface area contributed by atoms with Crippen molar-refractivity contribution in [1.82, 2.24) is 15.2 Å². The second kappa shape index (κ2) is 8.32. The standard InChI is InChI=1S/C19H22ClN3O2/c20-17-11-15(12-21-19(17)25)18(24)22-16-7-4-9-23(13-16)10-8-14-5-2-1-3-6-14/h1-3,5-6,11-12,16H,4,7-10,13H2,(H,21,25)(H,22,24)/t16-/m1/s1. The lowest BCUT2D eigenvalue weighted by Crippen LogP contribution is -2.48. The summed E-state index contributed by atoms with van der Waals surface area (Å²) in [5.41, 5.74) is 1.32. The van der Waals surface area contributed by atoms with Gasteiger partial charge in [-0.1, -0.05) is 41.9 Å². The van der Waals surface area contributed by atoms with Gasteiger partial charge in [-0.3, -0.25) is 9.59 Å². The molecule has 1 saturated heterocycles. The van der Waals surface area contributed by atoms with Gasteiger partial charge in [0.2, 0.25) is 0 Å². The van der Waals surface area contributed by atoms with E-state index in [-0.39, 0.29) is 22.5 Å². The van der Waals surface area contributed by atoms with Crippen LogP contribution in [0.4, 0.5) is 0 Å². The smallest absolute Gasteiger partial charge is 0.266 e. The molecule has 1 aliphatic rings. The van der Waals surface area contributed by atoms with Crippen LogP contribution < -0.4 is 10.9 Å². The van der Waals surface area contributed by atoms with Gasteiger partial charge in [-0.15, -0.1) is 0 Å². The zero-order valence-corrected chi connectivity index (χ0v) is 14.8. The largest absolute Gasteiger partial charge is 0.348 e. The van der Waals surface area contributed by atoms with Gasteiger partial charge in [0.25, 0.3) is 11.5 Å². The predicted molar refractivity (Wildman–Crippen MR) is 99.1 cm³/mol. The molecule has 0 bridgehead atoms. The summed E-state index contributed by atoms with van der Waals surface area (Å²) in [6, 6.07) is 12.0. The number of aromatic amines is 1. The van der Waals surface area contributed by atoms with E-state index in [0.29, 0.717) is 5.56 Å². The van der Waals surface area contributed by atoms with Gasteiger partial charge in [0.05, 0.1) is 5.56 Å². The van der Waals surface area contributed by atoms with Gasteiger partial charge in [0, 0.05) is 25.3 Å². The van der Waals surface area contributed by atoms with E-state index in [1.807, 2.05) is 6.07 Å². The molecule has 2 N–H and O–H groups in total. The second-order valence-electron chi connectivity index (χ2n) is 6.41. The number of pyridine rings is 1. The Morgan fingerprint density at radius 1 is 1.32 bits per heavy atom. The van der Waals surface area contributed by atoms with Gasteiger partial charge < -0.3 is 15.2 Å². The molecule has 1 atom stereocenters. The van der Waals surface area contributed by atoms with E-state index in [2.05, 4.69) is 39.5 Å². The van der Waals surface area contributed by atoms with Gasteiger partial charge in [0.1, 0.15) is 5.02 Å². The molecule has 0 unspecified atom stereocenters. The number of rotatable bonds is 5. The van der Waals surface area contributed by atoms with E-state index in [0.717, 1.165) is 38.9 Å². The van der Waals surface area contributed by atoms with Crippen molar-refractivity contribution < 1.29 is 4.79 Å². The molecule has 1 aromatic carbocycles. The number of likely N-dealkylation sites (tertiary alicyclic amines) is 1. The summed E-state index contributed by atoms with van der Waals surface area (Å²) in [6.45, 7) is 2.89. The van der Waals surface area contributed by atoms with Crippen LogP contribution in [0.3, 0.4) is 0 Å². The molecule has 2 heterocycles. The summed E-state index contributed by atoms with van der Waals surface area (Å²) in [5, 5.41) is 3.08. The maximum atomic E-state index is 12.4. The van der Waals surface area contributed by atoms with Gasteiger partial charge in [-0.25, -0.2) is 0 Å². The maximum absolute atomic E-state index is 12.4. The first-order valence-corrected chi connectivity index (χ1v) is 8.95. The second-order valence-corrected chi connectivity index (χ2v) is 6.82. The number of piperidine rings is 1. The van der Waals surface area contributed by atoms with E-state index in [4.69, 9.17) is 11.6 Å². The van der Waals surface area contributed by atoms with Gasteiger partial charge in [0.15, 0.2) is 0 Å². The Hall–Kier alpha value is -2.11. The van der Waals surface area contributed by atoms with Crippen LogP contribution in [0.2, 0.25) is 5.02 Å². The lowest BCUT2D eigenvalue weighted by Gasteiger charge is -2.33. The number of hydrogen-bond donors (Lipinski definition) is 2. The van der Waals surface area contributed by atoms with Crippen LogP contribution in [0.1, 0.15) is 28.8 Å². The number of halogens is 1. The third-order valence-corrected chi connectivity index (χ3v) is 4.80. The predicted octanol–water partition coefficient (Wildman–Crippen LogP) is 2.47. The number of amides is 1. The van der Waals surface area contributed by atoms with Gasteiger partial charge in [-0.2, -0.15) is 0 Å². The summed E-state index contributed by atoms with van der Waals surface area (Å²) < 4.78 is 0. The summed E-state index contributed by atoms with van der Waals surface area (Å²) in [5.74, 6) is -0.201. The van der Waals surface area contributed by atoms with Crippen LogP contribution in [-0.4, -0.2) is 41.5 Å². The number of aromatic nitrogens is 1. The molecule has 0 saturated carbocycles. The molecule has 25 heavy (non-hydrogen) atoms. The minimum Gasteiger partial charge on any atom is -0.348 e. The molecule has 1 amide bonds. The first-order chi connectivity index (χ1) is 12.1. The Labute approximate surface area is 152 Å². The van der Waals surface area contributed by atoms with Crippen molar-refractivity contribution in [2.75, 3.05) is 19.6 Å². The number of carbonyl (C=O) groups excluding carboxylic acids is 1. The van der Waals surface area contributed by atoms with Gasteiger partial charge in [-0.05, 0) is 37.4 Å². The lowest BCUT2D eigenvalue weighted by atomic mass is 10.0. The lowest BCUT2D eigenvalue weighted by molar-refractivity contribution is 0.0903. The van der Waals surface area contributed by atoms with Crippen molar-refractivity contribution >= 4 is 17.5 Å². The first-order valence-electron chi connectivity index (χ1n) is 8.57. The Morgan fingerprint density at radius 2 is 2.12 bits per heavy atom. The molecule has 0 aliphatic carbocycles. The van der Waals surface area contributed by atoms with Crippen LogP contribution in [0.5, 0.6) is 0 Å². The van der Waals surface area contributed by atoms with E-state index < -0.39 is 0 Å². The molecular formula is C19H22ClN3O2. The number of benzene rings is 1. The topological polar surface area (TPSA) is 65.2 Å². The fraction of sp³-hybridized carbons (Fsp3) is 0.368. The normalized spacial score (nSPS) is 18.0. The van der Waals surface area contributed by atoms with Crippen molar-refractivity contribution in [2.45, 2.75) is 25.3 Å². The van der Waals surface area contributed by atoms with Crippen LogP contribution in [0.25, 0.3) is 0 Å². The number of nitrogens with zero attached hydrogens (tertiary/aromatic N) is 1. The summed E-state index contributed by atoms with van der Waals surface area (Å²) >= 11 is 5.79. The Bertz CT molecular complexity index is 776. The molecule has 5 nitrogen and oxygen atoms in total. The molecule has 132 valence electrons. The average molecular weight is 360 g/mol. The summed E-state index contributed by atoms with van der Waals surface area (Å²) in [4.78, 5) is 28.5. The van der Waals surface area contributed by atoms with E-state index in [1.54, 1.807) is 0 Å². The molecule has 1 fully saturated rings. The zero-order chi connectivity index (χ0) is 17.6. The average Bonchev–Trinajstić information content (AvgIpc) is 2.63. The van der Waals surface area contributed by atoms with E-state index >= 15 is 0 Å². The maximum Gasteiger partial charge on any atom is 0.266 e. The quantitative estimate of drug-likeness (QED) is 0.861. The Morgan fingerprint density at radius 3 is 2.88 bits per heavy atom. The highest BCUT2D eigenvalue weighted by Gasteiger charge is 2.22. The van der Waals surface area contributed by atoms with Crippen LogP contribution >= 0.6 is 11.6 Å². The highest BCUT2D eigenvalue weighted by Crippen LogP contribution is 2.13. The fourth-order valence-electron chi connectivity index (χ4n) is 3.16. The number of H-pyrrole nitrogens is 1. The van der Waals surface area contributed by atoms with Gasteiger partial charge >= 0.3 is 0 Å². The third-order valence-electron chi connectivity index (χ3n) is 4.52. The Balaban J connectivity index is 1.53. The van der Waals surface area contributed by atoms with E-state index in [1.165, 1.54) is 17.8 Å². The Kier molecular flexibility index (Phi) is 5.89. The number of nitrogens with one attached hydrogen (secondary N) is 2. The SMILES string of the molecule is O=C(N[C@@H]1CCCN(CCc2ccccc2)C1)c1c[nH]c(=O)c(Cl)c1. The van der Waals surface area contributed by atoms with Crippen LogP contribution in [0.15, 0.2) is 47.4 Å². The molecule has 1 aliphatic heterocycles. The number of carbonyl (C=O) groups is 1. The van der Waals surface area contributed by atoms with Crippen molar-refractivity contribution in [3.05, 3.63) is 69.1 Å². The minimum absolute atomic E-state index is 0.0285. The molecule has 6 heteroatoms. The van der Waals surface area contributed by atoms with E-state index in [9.17, 15) is 9.59 Å². The molecular weight excluding hydrogens is 338 g/mol. The summed E-state index contributed by atoms with van der Waals surface area (Å²) in [7, 11) is 0. The first kappa shape index (κ1) is 17.7. The number of hydrogen-bond acceptors (Lipinski definition) is 3. The third kappa shape index (κ3) is 4.94. The highest BCUT2D eigenvalue weighted by molar-refractivity contribution is 6.30. The molecule has 0 spiro atoms. The molecule has 3 rings (SSSR count). The van der Waals surface area contributed by atoms with Crippen molar-refractivity contribution in [3.8, 4) is 0 Å². The molecule has 1 aromatic heterocycles. The fourth-order valence-corrected chi connectivity index (χ4v) is 3.34.